The van der Waals surface area contributed by atoms with E-state index >= 15 is 0 Å². The van der Waals surface area contributed by atoms with Crippen LogP contribution in [-0.4, -0.2) is 9.97 Å². The zero-order chi connectivity index (χ0) is 30.3. The molecule has 0 N–H and O–H groups in total. The van der Waals surface area contributed by atoms with E-state index < -0.39 is 0 Å². The molecule has 4 aromatic carbocycles. The van der Waals surface area contributed by atoms with E-state index in [1.165, 1.54) is 27.8 Å². The number of fused-ring (bicyclic) bond motifs is 1. The second kappa shape index (κ2) is 11.1. The Morgan fingerprint density at radius 2 is 1.27 bits per heavy atom. The Morgan fingerprint density at radius 1 is 0.545 bits per heavy atom. The molecule has 0 saturated carbocycles. The predicted octanol–water partition coefficient (Wildman–Crippen LogP) is 11.2. The van der Waals surface area contributed by atoms with Gasteiger partial charge in [-0.05, 0) is 88.2 Å². The van der Waals surface area contributed by atoms with Crippen LogP contribution in [0.25, 0.3) is 66.9 Å². The first-order valence-corrected chi connectivity index (χ1v) is 15.1. The smallest absolute Gasteiger partial charge is 0.139 e. The number of furan rings is 1. The lowest BCUT2D eigenvalue weighted by atomic mass is 9.82. The summed E-state index contributed by atoms with van der Waals surface area (Å²) in [5.74, 6) is 0.904. The molecule has 0 aliphatic carbocycles. The minimum Gasteiger partial charge on any atom is -0.456 e. The first-order chi connectivity index (χ1) is 21.3. The molecule has 0 saturated heterocycles. The van der Waals surface area contributed by atoms with Crippen LogP contribution in [0.15, 0.2) is 138 Å². The van der Waals surface area contributed by atoms with Gasteiger partial charge in [0.1, 0.15) is 11.3 Å². The minimum atomic E-state index is -0.133. The third-order valence-electron chi connectivity index (χ3n) is 8.20. The molecule has 3 nitrogen and oxygen atoms in total. The van der Waals surface area contributed by atoms with E-state index in [2.05, 4.69) is 130 Å². The van der Waals surface area contributed by atoms with Crippen LogP contribution in [0.4, 0.5) is 0 Å². The van der Waals surface area contributed by atoms with Crippen LogP contribution in [0.1, 0.15) is 31.9 Å². The van der Waals surface area contributed by atoms with E-state index in [0.29, 0.717) is 0 Å². The fourth-order valence-corrected chi connectivity index (χ4v) is 6.12. The highest BCUT2D eigenvalue weighted by Gasteiger charge is 2.27. The highest BCUT2D eigenvalue weighted by Crippen LogP contribution is 2.44. The van der Waals surface area contributed by atoms with Gasteiger partial charge in [0.25, 0.3) is 0 Å². The topological polar surface area (TPSA) is 38.9 Å². The molecule has 0 atom stereocenters. The van der Waals surface area contributed by atoms with Crippen molar-refractivity contribution in [2.75, 3.05) is 0 Å². The molecule has 3 aromatic heterocycles. The molecule has 0 spiro atoms. The van der Waals surface area contributed by atoms with E-state index in [1.54, 1.807) is 0 Å². The number of benzene rings is 4. The van der Waals surface area contributed by atoms with Gasteiger partial charge in [0.2, 0.25) is 0 Å². The Morgan fingerprint density at radius 3 is 2.05 bits per heavy atom. The Labute approximate surface area is 258 Å². The largest absolute Gasteiger partial charge is 0.456 e. The summed E-state index contributed by atoms with van der Waals surface area (Å²) in [7, 11) is 0. The molecule has 214 valence electrons. The fraction of sp³-hybridized carbons (Fsp3) is 0.122. The molecular weight excluding hydrogens is 536 g/mol. The van der Waals surface area contributed by atoms with Gasteiger partial charge < -0.3 is 4.42 Å². The Bertz CT molecular complexity index is 2100. The normalized spacial score (nSPS) is 11.6. The molecule has 7 rings (SSSR count). The monoisotopic (exact) mass is 570 g/mol. The molecule has 44 heavy (non-hydrogen) atoms. The number of rotatable bonds is 5. The highest BCUT2D eigenvalue weighted by molar-refractivity contribution is 5.95. The van der Waals surface area contributed by atoms with Crippen molar-refractivity contribution < 1.29 is 4.42 Å². The summed E-state index contributed by atoms with van der Waals surface area (Å²) in [6, 6.07) is 40.8. The van der Waals surface area contributed by atoms with Crippen LogP contribution < -0.4 is 0 Å². The molecular formula is C41H34N2O. The number of hydrogen-bond donors (Lipinski definition) is 0. The highest BCUT2D eigenvalue weighted by atomic mass is 16.3. The molecule has 0 aliphatic heterocycles. The van der Waals surface area contributed by atoms with Crippen molar-refractivity contribution in [1.29, 1.82) is 0 Å². The SMILES string of the molecule is Cc1cccc(-c2ccc(-c3cc(-c4ccccc4)ccn3)cc2-c2ccc3oc(-c4ccncc4)c(C(C)(C)C)c3c2)c1. The predicted molar refractivity (Wildman–Crippen MR) is 182 cm³/mol. The summed E-state index contributed by atoms with van der Waals surface area (Å²) in [6.07, 6.45) is 5.54. The molecule has 3 heteroatoms. The van der Waals surface area contributed by atoms with Crippen molar-refractivity contribution in [3.05, 3.63) is 145 Å². The summed E-state index contributed by atoms with van der Waals surface area (Å²) in [5.41, 5.74) is 13.3. The first-order valence-electron chi connectivity index (χ1n) is 15.1. The maximum atomic E-state index is 6.54. The lowest BCUT2D eigenvalue weighted by Gasteiger charge is -2.20. The third kappa shape index (κ3) is 5.22. The number of nitrogens with zero attached hydrogens (tertiary/aromatic N) is 2. The van der Waals surface area contributed by atoms with Crippen molar-refractivity contribution in [1.82, 2.24) is 9.97 Å². The van der Waals surface area contributed by atoms with Crippen molar-refractivity contribution in [3.8, 4) is 56.0 Å². The minimum absolute atomic E-state index is 0.133. The third-order valence-corrected chi connectivity index (χ3v) is 8.20. The van der Waals surface area contributed by atoms with E-state index in [9.17, 15) is 0 Å². The molecule has 0 aliphatic rings. The van der Waals surface area contributed by atoms with Crippen molar-refractivity contribution in [2.24, 2.45) is 0 Å². The van der Waals surface area contributed by atoms with E-state index in [-0.39, 0.29) is 5.41 Å². The van der Waals surface area contributed by atoms with Gasteiger partial charge in [-0.25, -0.2) is 0 Å². The van der Waals surface area contributed by atoms with Crippen LogP contribution in [0.5, 0.6) is 0 Å². The van der Waals surface area contributed by atoms with E-state index in [1.807, 2.05) is 36.8 Å². The molecule has 0 bridgehead atoms. The van der Waals surface area contributed by atoms with Crippen LogP contribution in [0.3, 0.4) is 0 Å². The summed E-state index contributed by atoms with van der Waals surface area (Å²) in [4.78, 5) is 9.02. The maximum Gasteiger partial charge on any atom is 0.139 e. The molecule has 3 heterocycles. The van der Waals surface area contributed by atoms with Gasteiger partial charge in [-0.15, -0.1) is 0 Å². The van der Waals surface area contributed by atoms with Crippen LogP contribution in [-0.2, 0) is 5.41 Å². The summed E-state index contributed by atoms with van der Waals surface area (Å²) in [5, 5.41) is 1.13. The zero-order valence-corrected chi connectivity index (χ0v) is 25.5. The summed E-state index contributed by atoms with van der Waals surface area (Å²) >= 11 is 0. The molecule has 0 radical (unpaired) electrons. The Kier molecular flexibility index (Phi) is 6.94. The van der Waals surface area contributed by atoms with Gasteiger partial charge in [0.15, 0.2) is 0 Å². The molecule has 7 aromatic rings. The summed E-state index contributed by atoms with van der Waals surface area (Å²) in [6.45, 7) is 8.89. The maximum absolute atomic E-state index is 6.54. The second-order valence-corrected chi connectivity index (χ2v) is 12.4. The first kappa shape index (κ1) is 27.5. The average molecular weight is 571 g/mol. The number of pyridine rings is 2. The number of aryl methyl sites for hydroxylation is 1. The average Bonchev–Trinajstić information content (AvgIpc) is 3.45. The molecule has 0 unspecified atom stereocenters. The van der Waals surface area contributed by atoms with E-state index in [0.717, 1.165) is 50.2 Å². The number of aromatic nitrogens is 2. The molecule has 0 amide bonds. The van der Waals surface area contributed by atoms with Gasteiger partial charge >= 0.3 is 0 Å². The zero-order valence-electron chi connectivity index (χ0n) is 25.5. The van der Waals surface area contributed by atoms with Gasteiger partial charge in [0, 0.05) is 40.7 Å². The second-order valence-electron chi connectivity index (χ2n) is 12.4. The van der Waals surface area contributed by atoms with Gasteiger partial charge in [0.05, 0.1) is 5.69 Å². The standard InChI is InChI=1S/C41H34N2O/c1-27-9-8-12-31(23-27)34-15-13-33(37-26-30(19-22-43-37)28-10-6-5-7-11-28)25-35(34)32-14-16-38-36(24-32)39(41(2,3)4)40(44-38)29-17-20-42-21-18-29/h5-26H,1-4H3. The lowest BCUT2D eigenvalue weighted by Crippen LogP contribution is -2.11. The Hall–Kier alpha value is -5.28. The fourth-order valence-electron chi connectivity index (χ4n) is 6.12. The van der Waals surface area contributed by atoms with Crippen molar-refractivity contribution in [2.45, 2.75) is 33.1 Å². The van der Waals surface area contributed by atoms with Gasteiger partial charge in [-0.2, -0.15) is 0 Å². The van der Waals surface area contributed by atoms with Crippen LogP contribution in [0, 0.1) is 6.92 Å². The van der Waals surface area contributed by atoms with Crippen LogP contribution in [0.2, 0.25) is 0 Å². The summed E-state index contributed by atoms with van der Waals surface area (Å²) < 4.78 is 6.54. The van der Waals surface area contributed by atoms with Crippen LogP contribution >= 0.6 is 0 Å². The van der Waals surface area contributed by atoms with Crippen molar-refractivity contribution in [3.63, 3.8) is 0 Å². The number of hydrogen-bond acceptors (Lipinski definition) is 3. The van der Waals surface area contributed by atoms with Gasteiger partial charge in [-0.1, -0.05) is 99.1 Å². The Balaban J connectivity index is 1.43. The van der Waals surface area contributed by atoms with E-state index in [4.69, 9.17) is 9.40 Å². The van der Waals surface area contributed by atoms with Gasteiger partial charge in [-0.3, -0.25) is 9.97 Å². The lowest BCUT2D eigenvalue weighted by molar-refractivity contribution is 0.568. The van der Waals surface area contributed by atoms with Crippen molar-refractivity contribution >= 4 is 11.0 Å². The molecule has 0 fully saturated rings. The quantitative estimate of drug-likeness (QED) is 0.207.